The molecule has 0 bridgehead atoms. The smallest absolute Gasteiger partial charge is 0.305 e. The van der Waals surface area contributed by atoms with Gasteiger partial charge >= 0.3 is 5.97 Å². The molecule has 0 N–H and O–H groups in total. The quantitative estimate of drug-likeness (QED) is 0.725. The molecule has 1 aliphatic rings. The largest absolute Gasteiger partial charge is 0.466 e. The van der Waals surface area contributed by atoms with Crippen LogP contribution in [0.15, 0.2) is 36.0 Å². The fourth-order valence-corrected chi connectivity index (χ4v) is 2.63. The monoisotopic (exact) mass is 301 g/mol. The Balaban J connectivity index is 2.04. The molecule has 4 heteroatoms. The van der Waals surface area contributed by atoms with Gasteiger partial charge in [0, 0.05) is 25.1 Å². The zero-order chi connectivity index (χ0) is 15.8. The number of carbonyl (C=O) groups excluding carboxylic acids is 2. The van der Waals surface area contributed by atoms with Crippen molar-refractivity contribution in [1.29, 1.82) is 0 Å². The summed E-state index contributed by atoms with van der Waals surface area (Å²) in [5.74, 6) is 0.00706. The SMILES string of the molecule is CCOC(=O)CCC/C(=C/c1ccccc1)N1CCCC1=O. The van der Waals surface area contributed by atoms with E-state index in [-0.39, 0.29) is 11.9 Å². The van der Waals surface area contributed by atoms with Crippen molar-refractivity contribution in [3.8, 4) is 0 Å². The maximum absolute atomic E-state index is 12.0. The Bertz CT molecular complexity index is 537. The van der Waals surface area contributed by atoms with E-state index in [1.165, 1.54) is 0 Å². The average Bonchev–Trinajstić information content (AvgIpc) is 2.94. The second-order valence-electron chi connectivity index (χ2n) is 5.35. The number of ether oxygens (including phenoxy) is 1. The van der Waals surface area contributed by atoms with E-state index in [0.717, 1.165) is 24.2 Å². The molecule has 0 saturated carbocycles. The molecule has 1 aliphatic heterocycles. The number of nitrogens with zero attached hydrogens (tertiary/aromatic N) is 1. The zero-order valence-electron chi connectivity index (χ0n) is 13.1. The second-order valence-corrected chi connectivity index (χ2v) is 5.35. The van der Waals surface area contributed by atoms with Crippen LogP contribution in [0.25, 0.3) is 6.08 Å². The molecule has 0 unspecified atom stereocenters. The predicted molar refractivity (Wildman–Crippen MR) is 85.9 cm³/mol. The summed E-state index contributed by atoms with van der Waals surface area (Å²) in [7, 11) is 0. The fourth-order valence-electron chi connectivity index (χ4n) is 2.63. The minimum absolute atomic E-state index is 0.172. The van der Waals surface area contributed by atoms with E-state index >= 15 is 0 Å². The van der Waals surface area contributed by atoms with Gasteiger partial charge in [0.05, 0.1) is 6.61 Å². The first-order valence-corrected chi connectivity index (χ1v) is 7.92. The van der Waals surface area contributed by atoms with Gasteiger partial charge in [-0.3, -0.25) is 9.59 Å². The van der Waals surface area contributed by atoms with Gasteiger partial charge in [-0.05, 0) is 37.8 Å². The average molecular weight is 301 g/mol. The molecule has 0 aromatic heterocycles. The van der Waals surface area contributed by atoms with E-state index in [4.69, 9.17) is 4.74 Å². The third-order valence-corrected chi connectivity index (χ3v) is 3.67. The highest BCUT2D eigenvalue weighted by molar-refractivity contribution is 5.81. The second kappa shape index (κ2) is 8.37. The third-order valence-electron chi connectivity index (χ3n) is 3.67. The molecule has 118 valence electrons. The summed E-state index contributed by atoms with van der Waals surface area (Å²) in [5.41, 5.74) is 2.08. The standard InChI is InChI=1S/C18H23NO3/c1-2-22-18(21)12-6-10-16(19-13-7-11-17(19)20)14-15-8-4-3-5-9-15/h3-5,8-9,14H,2,6-7,10-13H2,1H3/b16-14-. The van der Waals surface area contributed by atoms with E-state index in [1.807, 2.05) is 48.2 Å². The summed E-state index contributed by atoms with van der Waals surface area (Å²) in [4.78, 5) is 25.3. The van der Waals surface area contributed by atoms with Crippen LogP contribution in [0.4, 0.5) is 0 Å². The van der Waals surface area contributed by atoms with Gasteiger partial charge in [0.1, 0.15) is 0 Å². The summed E-state index contributed by atoms with van der Waals surface area (Å²) >= 11 is 0. The molecular weight excluding hydrogens is 278 g/mol. The van der Waals surface area contributed by atoms with Gasteiger partial charge in [-0.25, -0.2) is 0 Å². The van der Waals surface area contributed by atoms with Crippen LogP contribution in [0.2, 0.25) is 0 Å². The Morgan fingerprint density at radius 3 is 2.68 bits per heavy atom. The van der Waals surface area contributed by atoms with Gasteiger partial charge in [-0.1, -0.05) is 30.3 Å². The van der Waals surface area contributed by atoms with Crippen LogP contribution in [0.5, 0.6) is 0 Å². The van der Waals surface area contributed by atoms with E-state index in [1.54, 1.807) is 0 Å². The van der Waals surface area contributed by atoms with Gasteiger partial charge < -0.3 is 9.64 Å². The molecule has 4 nitrogen and oxygen atoms in total. The normalized spacial score (nSPS) is 15.2. The molecule has 22 heavy (non-hydrogen) atoms. The lowest BCUT2D eigenvalue weighted by Gasteiger charge is -2.20. The molecule has 1 aromatic rings. The fraction of sp³-hybridized carbons (Fsp3) is 0.444. The van der Waals surface area contributed by atoms with Crippen molar-refractivity contribution in [3.05, 3.63) is 41.6 Å². The predicted octanol–water partition coefficient (Wildman–Crippen LogP) is 3.38. The van der Waals surface area contributed by atoms with E-state index in [0.29, 0.717) is 32.3 Å². The Morgan fingerprint density at radius 1 is 1.27 bits per heavy atom. The van der Waals surface area contributed by atoms with Crippen LogP contribution >= 0.6 is 0 Å². The molecule has 0 spiro atoms. The van der Waals surface area contributed by atoms with Crippen LogP contribution < -0.4 is 0 Å². The van der Waals surface area contributed by atoms with Crippen molar-refractivity contribution < 1.29 is 14.3 Å². The molecule has 0 radical (unpaired) electrons. The van der Waals surface area contributed by atoms with Crippen LogP contribution in [0.1, 0.15) is 44.6 Å². The van der Waals surface area contributed by atoms with Crippen molar-refractivity contribution in [2.75, 3.05) is 13.2 Å². The number of likely N-dealkylation sites (tertiary alicyclic amines) is 1. The van der Waals surface area contributed by atoms with Crippen molar-refractivity contribution in [3.63, 3.8) is 0 Å². The first kappa shape index (κ1) is 16.3. The van der Waals surface area contributed by atoms with Crippen molar-refractivity contribution in [2.45, 2.75) is 39.0 Å². The molecule has 1 aromatic carbocycles. The van der Waals surface area contributed by atoms with Crippen LogP contribution in [-0.2, 0) is 14.3 Å². The molecule has 2 rings (SSSR count). The summed E-state index contributed by atoms with van der Waals surface area (Å²) in [6.07, 6.45) is 5.37. The molecule has 0 atom stereocenters. The Labute approximate surface area is 131 Å². The number of carbonyl (C=O) groups is 2. The Morgan fingerprint density at radius 2 is 2.05 bits per heavy atom. The number of hydrogen-bond acceptors (Lipinski definition) is 3. The highest BCUT2D eigenvalue weighted by atomic mass is 16.5. The minimum Gasteiger partial charge on any atom is -0.466 e. The number of benzene rings is 1. The maximum atomic E-state index is 12.0. The molecule has 1 fully saturated rings. The lowest BCUT2D eigenvalue weighted by Crippen LogP contribution is -2.24. The Kier molecular flexibility index (Phi) is 6.19. The van der Waals surface area contributed by atoms with Gasteiger partial charge in [0.2, 0.25) is 5.91 Å². The van der Waals surface area contributed by atoms with Crippen molar-refractivity contribution >= 4 is 18.0 Å². The molecule has 1 heterocycles. The van der Waals surface area contributed by atoms with Crippen LogP contribution in [0, 0.1) is 0 Å². The molecular formula is C18H23NO3. The number of hydrogen-bond donors (Lipinski definition) is 0. The summed E-state index contributed by atoms with van der Waals surface area (Å²) in [5, 5.41) is 0. The first-order valence-electron chi connectivity index (χ1n) is 7.92. The van der Waals surface area contributed by atoms with Gasteiger partial charge in [-0.2, -0.15) is 0 Å². The minimum atomic E-state index is -0.172. The lowest BCUT2D eigenvalue weighted by molar-refractivity contribution is -0.143. The van der Waals surface area contributed by atoms with E-state index in [9.17, 15) is 9.59 Å². The number of amides is 1. The van der Waals surface area contributed by atoms with E-state index < -0.39 is 0 Å². The first-order chi connectivity index (χ1) is 10.7. The lowest BCUT2D eigenvalue weighted by atomic mass is 10.1. The summed E-state index contributed by atoms with van der Waals surface area (Å²) < 4.78 is 4.95. The molecule has 1 amide bonds. The van der Waals surface area contributed by atoms with Crippen LogP contribution in [0.3, 0.4) is 0 Å². The van der Waals surface area contributed by atoms with Crippen molar-refractivity contribution in [2.24, 2.45) is 0 Å². The number of esters is 1. The molecule has 1 saturated heterocycles. The maximum Gasteiger partial charge on any atom is 0.305 e. The van der Waals surface area contributed by atoms with Gasteiger partial charge in [-0.15, -0.1) is 0 Å². The van der Waals surface area contributed by atoms with Crippen molar-refractivity contribution in [1.82, 2.24) is 4.90 Å². The number of rotatable bonds is 7. The molecule has 0 aliphatic carbocycles. The van der Waals surface area contributed by atoms with Gasteiger partial charge in [0.25, 0.3) is 0 Å². The summed E-state index contributed by atoms with van der Waals surface area (Å²) in [6, 6.07) is 9.97. The summed E-state index contributed by atoms with van der Waals surface area (Å²) in [6.45, 7) is 2.99. The third kappa shape index (κ3) is 4.72. The van der Waals surface area contributed by atoms with Gasteiger partial charge in [0.15, 0.2) is 0 Å². The van der Waals surface area contributed by atoms with Crippen LogP contribution in [-0.4, -0.2) is 29.9 Å². The highest BCUT2D eigenvalue weighted by Crippen LogP contribution is 2.23. The van der Waals surface area contributed by atoms with E-state index in [2.05, 4.69) is 0 Å². The topological polar surface area (TPSA) is 46.6 Å². The zero-order valence-corrected chi connectivity index (χ0v) is 13.1. The Hall–Kier alpha value is -2.10. The highest BCUT2D eigenvalue weighted by Gasteiger charge is 2.23. The number of allylic oxidation sites excluding steroid dienone is 1.